The fourth-order valence-corrected chi connectivity index (χ4v) is 7.89. The lowest BCUT2D eigenvalue weighted by atomic mass is 10.0. The van der Waals surface area contributed by atoms with Crippen LogP contribution in [0.2, 0.25) is 0 Å². The third-order valence-corrected chi connectivity index (χ3v) is 9.55. The van der Waals surface area contributed by atoms with Gasteiger partial charge in [0, 0.05) is 22.0 Å². The quantitative estimate of drug-likeness (QED) is 0.236. The van der Waals surface area contributed by atoms with Gasteiger partial charge in [0.25, 0.3) is 0 Å². The normalized spacial score (nSPS) is 12.8. The molecule has 0 bridgehead atoms. The van der Waals surface area contributed by atoms with Crippen molar-refractivity contribution in [2.24, 2.45) is 0 Å². The van der Waals surface area contributed by atoms with Crippen LogP contribution >= 0.6 is 18.9 Å². The van der Waals surface area contributed by atoms with E-state index in [1.54, 1.807) is 23.7 Å². The molecular formula is C26H28NO3PS. The summed E-state index contributed by atoms with van der Waals surface area (Å²) >= 11 is 1.69. The van der Waals surface area contributed by atoms with Crippen molar-refractivity contribution < 1.29 is 13.6 Å². The van der Waals surface area contributed by atoms with Crippen LogP contribution in [-0.2, 0) is 20.0 Å². The number of aryl methyl sites for hydroxylation is 1. The number of pyridine rings is 1. The first-order chi connectivity index (χ1) is 15.6. The standard InChI is InChI=1S/C26H28NO3PS/c1-4-29-31(28,30-5-2)24(26-19(3)23-11-6-7-12-25(23)32-26)18-20-9-8-10-22(17-20)21-13-15-27-16-14-21/h6-17,24H,4-5,18H2,1-3H3. The molecular weight excluding hydrogens is 437 g/mol. The van der Waals surface area contributed by atoms with E-state index < -0.39 is 7.60 Å². The number of aromatic nitrogens is 1. The van der Waals surface area contributed by atoms with Crippen molar-refractivity contribution in [1.82, 2.24) is 4.98 Å². The van der Waals surface area contributed by atoms with Crippen LogP contribution in [0, 0.1) is 6.92 Å². The molecule has 0 saturated carbocycles. The summed E-state index contributed by atoms with van der Waals surface area (Å²) in [5.41, 5.74) is 4.10. The monoisotopic (exact) mass is 465 g/mol. The molecule has 6 heteroatoms. The predicted molar refractivity (Wildman–Crippen MR) is 134 cm³/mol. The number of benzene rings is 2. The number of hydrogen-bond acceptors (Lipinski definition) is 5. The van der Waals surface area contributed by atoms with Crippen molar-refractivity contribution in [2.75, 3.05) is 13.2 Å². The van der Waals surface area contributed by atoms with E-state index in [0.29, 0.717) is 19.6 Å². The first-order valence-electron chi connectivity index (χ1n) is 10.9. The smallest absolute Gasteiger partial charge is 0.308 e. The molecule has 0 aliphatic heterocycles. The molecule has 32 heavy (non-hydrogen) atoms. The van der Waals surface area contributed by atoms with Crippen molar-refractivity contribution >= 4 is 29.0 Å². The van der Waals surface area contributed by atoms with Crippen molar-refractivity contribution in [3.8, 4) is 11.1 Å². The molecule has 0 N–H and O–H groups in total. The van der Waals surface area contributed by atoms with Gasteiger partial charge in [0.1, 0.15) is 0 Å². The van der Waals surface area contributed by atoms with E-state index in [0.717, 1.165) is 27.1 Å². The number of hydrogen-bond donors (Lipinski definition) is 0. The molecule has 0 aliphatic carbocycles. The highest BCUT2D eigenvalue weighted by Crippen LogP contribution is 2.64. The Labute approximate surface area is 193 Å². The summed E-state index contributed by atoms with van der Waals surface area (Å²) in [4.78, 5) is 5.19. The zero-order valence-electron chi connectivity index (χ0n) is 18.7. The second-order valence-corrected chi connectivity index (χ2v) is 10.9. The summed E-state index contributed by atoms with van der Waals surface area (Å²) in [5, 5.41) is 1.20. The van der Waals surface area contributed by atoms with Crippen molar-refractivity contribution in [1.29, 1.82) is 0 Å². The fraction of sp³-hybridized carbons (Fsp3) is 0.269. The van der Waals surface area contributed by atoms with Gasteiger partial charge in [0.05, 0.1) is 18.9 Å². The largest absolute Gasteiger partial charge is 0.339 e. The van der Waals surface area contributed by atoms with Gasteiger partial charge in [-0.25, -0.2) is 0 Å². The molecule has 4 nitrogen and oxygen atoms in total. The Morgan fingerprint density at radius 1 is 0.938 bits per heavy atom. The second kappa shape index (κ2) is 10.1. The van der Waals surface area contributed by atoms with E-state index in [2.05, 4.69) is 42.2 Å². The summed E-state index contributed by atoms with van der Waals surface area (Å²) in [6.07, 6.45) is 4.16. The Morgan fingerprint density at radius 2 is 1.66 bits per heavy atom. The minimum absolute atomic E-state index is 0.342. The van der Waals surface area contributed by atoms with Gasteiger partial charge in [0.2, 0.25) is 0 Å². The zero-order chi connectivity index (χ0) is 22.6. The summed E-state index contributed by atoms with van der Waals surface area (Å²) in [7, 11) is -3.39. The first kappa shape index (κ1) is 22.9. The molecule has 2 aromatic heterocycles. The van der Waals surface area contributed by atoms with Crippen LogP contribution in [0.4, 0.5) is 0 Å². The van der Waals surface area contributed by atoms with Crippen LogP contribution in [0.5, 0.6) is 0 Å². The van der Waals surface area contributed by atoms with E-state index in [4.69, 9.17) is 9.05 Å². The zero-order valence-corrected chi connectivity index (χ0v) is 20.4. The van der Waals surface area contributed by atoms with Gasteiger partial charge in [-0.15, -0.1) is 11.3 Å². The van der Waals surface area contributed by atoms with E-state index in [9.17, 15) is 4.57 Å². The van der Waals surface area contributed by atoms with Crippen molar-refractivity contribution in [2.45, 2.75) is 32.9 Å². The van der Waals surface area contributed by atoms with E-state index in [-0.39, 0.29) is 5.66 Å². The number of fused-ring (bicyclic) bond motifs is 1. The molecule has 4 aromatic rings. The topological polar surface area (TPSA) is 48.4 Å². The van der Waals surface area contributed by atoms with E-state index in [1.165, 1.54) is 10.1 Å². The Morgan fingerprint density at radius 3 is 2.34 bits per heavy atom. The van der Waals surface area contributed by atoms with Crippen LogP contribution in [-0.4, -0.2) is 18.2 Å². The highest BCUT2D eigenvalue weighted by Gasteiger charge is 2.39. The van der Waals surface area contributed by atoms with Gasteiger partial charge in [-0.05, 0) is 73.0 Å². The van der Waals surface area contributed by atoms with Gasteiger partial charge < -0.3 is 9.05 Å². The summed E-state index contributed by atoms with van der Waals surface area (Å²) < 4.78 is 27.0. The number of thiophene rings is 1. The lowest BCUT2D eigenvalue weighted by Crippen LogP contribution is -2.09. The Balaban J connectivity index is 1.80. The molecule has 2 heterocycles. The highest BCUT2D eigenvalue weighted by atomic mass is 32.1. The average molecular weight is 466 g/mol. The highest BCUT2D eigenvalue weighted by molar-refractivity contribution is 7.54. The molecule has 166 valence electrons. The molecule has 0 spiro atoms. The molecule has 2 aromatic carbocycles. The Hall–Kier alpha value is -2.30. The van der Waals surface area contributed by atoms with Crippen LogP contribution < -0.4 is 0 Å². The molecule has 0 aliphatic rings. The summed E-state index contributed by atoms with van der Waals surface area (Å²) in [6, 6.07) is 20.7. The Kier molecular flexibility index (Phi) is 7.22. The first-order valence-corrected chi connectivity index (χ1v) is 13.3. The van der Waals surface area contributed by atoms with Crippen LogP contribution in [0.1, 0.15) is 35.5 Å². The maximum absolute atomic E-state index is 14.1. The lowest BCUT2D eigenvalue weighted by Gasteiger charge is -2.26. The number of nitrogens with zero attached hydrogens (tertiary/aromatic N) is 1. The van der Waals surface area contributed by atoms with Gasteiger partial charge in [0.15, 0.2) is 0 Å². The predicted octanol–water partition coefficient (Wildman–Crippen LogP) is 7.82. The molecule has 4 rings (SSSR count). The van der Waals surface area contributed by atoms with Crippen molar-refractivity contribution in [3.05, 3.63) is 89.1 Å². The molecule has 1 unspecified atom stereocenters. The molecule has 0 fully saturated rings. The third kappa shape index (κ3) is 4.72. The minimum atomic E-state index is -3.39. The van der Waals surface area contributed by atoms with Crippen LogP contribution in [0.3, 0.4) is 0 Å². The van der Waals surface area contributed by atoms with Crippen LogP contribution in [0.25, 0.3) is 21.2 Å². The fourth-order valence-electron chi connectivity index (χ4n) is 4.08. The van der Waals surface area contributed by atoms with Gasteiger partial charge in [-0.1, -0.05) is 42.5 Å². The van der Waals surface area contributed by atoms with Crippen molar-refractivity contribution in [3.63, 3.8) is 0 Å². The number of rotatable bonds is 9. The Bertz CT molecular complexity index is 1230. The van der Waals surface area contributed by atoms with Gasteiger partial charge in [-0.2, -0.15) is 0 Å². The molecule has 0 radical (unpaired) electrons. The van der Waals surface area contributed by atoms with Crippen LogP contribution in [0.15, 0.2) is 73.1 Å². The maximum Gasteiger partial charge on any atom is 0.339 e. The third-order valence-electron chi connectivity index (χ3n) is 5.55. The molecule has 1 atom stereocenters. The van der Waals surface area contributed by atoms with E-state index >= 15 is 0 Å². The van der Waals surface area contributed by atoms with Gasteiger partial charge >= 0.3 is 7.60 Å². The summed E-state index contributed by atoms with van der Waals surface area (Å²) in [5.74, 6) is 0. The molecule has 0 amide bonds. The summed E-state index contributed by atoms with van der Waals surface area (Å²) in [6.45, 7) is 6.52. The lowest BCUT2D eigenvalue weighted by molar-refractivity contribution is 0.212. The maximum atomic E-state index is 14.1. The minimum Gasteiger partial charge on any atom is -0.308 e. The molecule has 0 saturated heterocycles. The second-order valence-electron chi connectivity index (χ2n) is 7.62. The average Bonchev–Trinajstić information content (AvgIpc) is 3.15. The van der Waals surface area contributed by atoms with Gasteiger partial charge in [-0.3, -0.25) is 9.55 Å². The van der Waals surface area contributed by atoms with E-state index in [1.807, 2.05) is 44.2 Å². The SMILES string of the molecule is CCOP(=O)(OCC)C(Cc1cccc(-c2ccncc2)c1)c1sc2ccccc2c1C.